The molecule has 1 saturated carbocycles. The van der Waals surface area contributed by atoms with Crippen LogP contribution in [0.5, 0.6) is 0 Å². The number of halogens is 1. The largest absolute Gasteiger partial charge is 0.361 e. The first-order valence-electron chi connectivity index (χ1n) is 10.7. The third kappa shape index (κ3) is 6.46. The number of aromatic amines is 1. The fourth-order valence-corrected chi connectivity index (χ4v) is 4.73. The Morgan fingerprint density at radius 2 is 1.84 bits per heavy atom. The minimum Gasteiger partial charge on any atom is -0.361 e. The Labute approximate surface area is 206 Å². The van der Waals surface area contributed by atoms with Crippen molar-refractivity contribution < 1.29 is 8.42 Å². The van der Waals surface area contributed by atoms with E-state index in [9.17, 15) is 8.42 Å². The third-order valence-electron chi connectivity index (χ3n) is 5.26. The molecule has 3 aromatic rings. The molecule has 0 bridgehead atoms. The molecule has 1 aliphatic rings. The predicted octanol–water partition coefficient (Wildman–Crippen LogP) is 3.52. The summed E-state index contributed by atoms with van der Waals surface area (Å²) in [7, 11) is -3.42. The van der Waals surface area contributed by atoms with E-state index in [4.69, 9.17) is 0 Å². The molecule has 9 heteroatoms. The summed E-state index contributed by atoms with van der Waals surface area (Å²) in [6, 6.07) is 15.3. The van der Waals surface area contributed by atoms with Crippen molar-refractivity contribution in [2.75, 3.05) is 13.1 Å². The van der Waals surface area contributed by atoms with Crippen LogP contribution < -0.4 is 15.4 Å². The SMILES string of the molecule is CCNC(=NCc1ccc(S(=O)(=O)NC2CC2)cc1)NCCc1c[nH]c2ccccc12.I. The molecule has 0 saturated heterocycles. The number of hydrogen-bond acceptors (Lipinski definition) is 3. The van der Waals surface area contributed by atoms with Gasteiger partial charge in [0, 0.05) is 36.2 Å². The zero-order valence-corrected chi connectivity index (χ0v) is 21.2. The van der Waals surface area contributed by atoms with E-state index < -0.39 is 10.0 Å². The van der Waals surface area contributed by atoms with Crippen molar-refractivity contribution in [2.24, 2.45) is 4.99 Å². The smallest absolute Gasteiger partial charge is 0.240 e. The molecule has 1 heterocycles. The number of aromatic nitrogens is 1. The van der Waals surface area contributed by atoms with E-state index in [0.717, 1.165) is 49.4 Å². The van der Waals surface area contributed by atoms with E-state index in [0.29, 0.717) is 11.4 Å². The first-order valence-corrected chi connectivity index (χ1v) is 12.2. The highest BCUT2D eigenvalue weighted by Crippen LogP contribution is 2.22. The lowest BCUT2D eigenvalue weighted by Crippen LogP contribution is -2.38. The van der Waals surface area contributed by atoms with Crippen LogP contribution in [0.15, 0.2) is 64.6 Å². The van der Waals surface area contributed by atoms with Crippen LogP contribution in [0.4, 0.5) is 0 Å². The average molecular weight is 567 g/mol. The number of nitrogens with one attached hydrogen (secondary N) is 4. The second-order valence-corrected chi connectivity index (χ2v) is 9.48. The summed E-state index contributed by atoms with van der Waals surface area (Å²) in [6.07, 6.45) is 4.79. The lowest BCUT2D eigenvalue weighted by Gasteiger charge is -2.11. The first kappa shape index (κ1) is 24.5. The summed E-state index contributed by atoms with van der Waals surface area (Å²) in [5.74, 6) is 0.745. The van der Waals surface area contributed by atoms with Crippen LogP contribution in [-0.4, -0.2) is 38.5 Å². The van der Waals surface area contributed by atoms with Gasteiger partial charge in [-0.2, -0.15) is 0 Å². The van der Waals surface area contributed by atoms with Crippen molar-refractivity contribution >= 4 is 50.9 Å². The Kier molecular flexibility index (Phi) is 8.55. The molecule has 1 fully saturated rings. The van der Waals surface area contributed by atoms with E-state index in [1.807, 2.05) is 25.1 Å². The Morgan fingerprint density at radius 3 is 2.56 bits per heavy atom. The minimum absolute atomic E-state index is 0. The predicted molar refractivity (Wildman–Crippen MR) is 140 cm³/mol. The second kappa shape index (κ2) is 11.2. The Balaban J connectivity index is 0.00000289. The number of benzene rings is 2. The van der Waals surface area contributed by atoms with Crippen molar-refractivity contribution in [1.82, 2.24) is 20.3 Å². The van der Waals surface area contributed by atoms with Gasteiger partial charge in [-0.05, 0) is 55.5 Å². The van der Waals surface area contributed by atoms with Gasteiger partial charge in [0.2, 0.25) is 10.0 Å². The molecule has 0 unspecified atom stereocenters. The summed E-state index contributed by atoms with van der Waals surface area (Å²) in [5, 5.41) is 7.88. The molecule has 32 heavy (non-hydrogen) atoms. The standard InChI is InChI=1S/C23H29N5O2S.HI/c1-2-24-23(25-14-13-18-16-26-22-6-4-3-5-21(18)22)27-15-17-7-11-20(12-8-17)31(29,30)28-19-9-10-19;/h3-8,11-12,16,19,26,28H,2,9-10,13-15H2,1H3,(H2,24,25,27);1H. The number of nitrogens with zero attached hydrogens (tertiary/aromatic N) is 1. The molecule has 172 valence electrons. The molecule has 0 spiro atoms. The van der Waals surface area contributed by atoms with Gasteiger partial charge in [0.15, 0.2) is 5.96 Å². The zero-order valence-electron chi connectivity index (χ0n) is 18.1. The minimum atomic E-state index is -3.42. The quantitative estimate of drug-likeness (QED) is 0.181. The van der Waals surface area contributed by atoms with Crippen molar-refractivity contribution in [3.8, 4) is 0 Å². The van der Waals surface area contributed by atoms with Crippen LogP contribution in [0, 0.1) is 0 Å². The lowest BCUT2D eigenvalue weighted by molar-refractivity contribution is 0.581. The van der Waals surface area contributed by atoms with Gasteiger partial charge in [-0.15, -0.1) is 24.0 Å². The second-order valence-electron chi connectivity index (χ2n) is 7.77. The summed E-state index contributed by atoms with van der Waals surface area (Å²) in [5.41, 5.74) is 3.38. The number of H-pyrrole nitrogens is 1. The van der Waals surface area contributed by atoms with Gasteiger partial charge >= 0.3 is 0 Å². The molecule has 0 radical (unpaired) electrons. The average Bonchev–Trinajstić information content (AvgIpc) is 3.48. The van der Waals surface area contributed by atoms with E-state index in [2.05, 4.69) is 49.7 Å². The van der Waals surface area contributed by atoms with Gasteiger partial charge < -0.3 is 15.6 Å². The molecule has 0 amide bonds. The molecule has 4 N–H and O–H groups in total. The number of fused-ring (bicyclic) bond motifs is 1. The summed E-state index contributed by atoms with van der Waals surface area (Å²) >= 11 is 0. The van der Waals surface area contributed by atoms with Crippen molar-refractivity contribution in [3.05, 3.63) is 65.9 Å². The molecule has 1 aliphatic carbocycles. The fourth-order valence-electron chi connectivity index (χ4n) is 3.43. The molecular formula is C23H30IN5O2S. The number of sulfonamides is 1. The van der Waals surface area contributed by atoms with Crippen LogP contribution in [0.25, 0.3) is 10.9 Å². The first-order chi connectivity index (χ1) is 15.0. The summed E-state index contributed by atoms with van der Waals surface area (Å²) < 4.78 is 27.3. The van der Waals surface area contributed by atoms with Gasteiger partial charge in [-0.3, -0.25) is 0 Å². The number of rotatable bonds is 9. The van der Waals surface area contributed by atoms with Gasteiger partial charge in [-0.1, -0.05) is 30.3 Å². The van der Waals surface area contributed by atoms with Crippen LogP contribution in [0.3, 0.4) is 0 Å². The monoisotopic (exact) mass is 567 g/mol. The zero-order chi connectivity index (χ0) is 21.7. The van der Waals surface area contributed by atoms with E-state index in [-0.39, 0.29) is 30.0 Å². The normalized spacial score (nSPS) is 14.2. The van der Waals surface area contributed by atoms with E-state index in [1.54, 1.807) is 12.1 Å². The summed E-state index contributed by atoms with van der Waals surface area (Å²) in [6.45, 7) is 4.03. The molecule has 4 rings (SSSR count). The van der Waals surface area contributed by atoms with Gasteiger partial charge in [0.25, 0.3) is 0 Å². The van der Waals surface area contributed by atoms with E-state index in [1.165, 1.54) is 10.9 Å². The van der Waals surface area contributed by atoms with Gasteiger partial charge in [0.05, 0.1) is 11.4 Å². The highest BCUT2D eigenvalue weighted by atomic mass is 127. The molecule has 2 aromatic carbocycles. The number of aliphatic imine (C=N–C) groups is 1. The van der Waals surface area contributed by atoms with Crippen LogP contribution in [-0.2, 0) is 23.0 Å². The maximum atomic E-state index is 12.3. The molecule has 7 nitrogen and oxygen atoms in total. The molecule has 0 aliphatic heterocycles. The Bertz CT molecular complexity index is 1150. The van der Waals surface area contributed by atoms with Crippen molar-refractivity contribution in [2.45, 2.75) is 43.7 Å². The molecular weight excluding hydrogens is 537 g/mol. The maximum Gasteiger partial charge on any atom is 0.240 e. The topological polar surface area (TPSA) is 98.4 Å². The Hall–Kier alpha value is -2.11. The Morgan fingerprint density at radius 1 is 1.09 bits per heavy atom. The van der Waals surface area contributed by atoms with E-state index >= 15 is 0 Å². The number of para-hydroxylation sites is 1. The van der Waals surface area contributed by atoms with Gasteiger partial charge in [-0.25, -0.2) is 18.1 Å². The van der Waals surface area contributed by atoms with Crippen LogP contribution in [0.1, 0.15) is 30.9 Å². The highest BCUT2D eigenvalue weighted by Gasteiger charge is 2.27. The van der Waals surface area contributed by atoms with Crippen molar-refractivity contribution in [3.63, 3.8) is 0 Å². The van der Waals surface area contributed by atoms with Crippen LogP contribution >= 0.6 is 24.0 Å². The van der Waals surface area contributed by atoms with Gasteiger partial charge in [0.1, 0.15) is 0 Å². The highest BCUT2D eigenvalue weighted by molar-refractivity contribution is 14.0. The number of guanidine groups is 1. The summed E-state index contributed by atoms with van der Waals surface area (Å²) in [4.78, 5) is 8.24. The van der Waals surface area contributed by atoms with Crippen LogP contribution in [0.2, 0.25) is 0 Å². The lowest BCUT2D eigenvalue weighted by atomic mass is 10.1. The number of hydrogen-bond donors (Lipinski definition) is 4. The molecule has 1 aromatic heterocycles. The fraction of sp³-hybridized carbons (Fsp3) is 0.348. The molecule has 0 atom stereocenters. The maximum absolute atomic E-state index is 12.3. The van der Waals surface area contributed by atoms with Crippen molar-refractivity contribution in [1.29, 1.82) is 0 Å². The third-order valence-corrected chi connectivity index (χ3v) is 6.79.